The van der Waals surface area contributed by atoms with Gasteiger partial charge in [-0.15, -0.1) is 0 Å². The maximum atomic E-state index is 12.8. The summed E-state index contributed by atoms with van der Waals surface area (Å²) in [5.74, 6) is 0.0896. The van der Waals surface area contributed by atoms with Crippen LogP contribution in [0.2, 0.25) is 0 Å². The number of nitrogens with one attached hydrogen (secondary N) is 1. The van der Waals surface area contributed by atoms with Gasteiger partial charge in [0.25, 0.3) is 5.91 Å². The molecule has 0 aliphatic carbocycles. The van der Waals surface area contributed by atoms with Gasteiger partial charge in [-0.25, -0.2) is 8.42 Å². The zero-order valence-corrected chi connectivity index (χ0v) is 15.7. The first-order valence-corrected chi connectivity index (χ1v) is 9.76. The maximum Gasteiger partial charge on any atom is 0.256 e. The number of morpholine rings is 1. The van der Waals surface area contributed by atoms with Crippen LogP contribution in [-0.2, 0) is 21.8 Å². The average molecular weight is 378 g/mol. The monoisotopic (exact) mass is 378 g/mol. The second-order valence-electron chi connectivity index (χ2n) is 6.43. The van der Waals surface area contributed by atoms with E-state index >= 15 is 0 Å². The van der Waals surface area contributed by atoms with E-state index < -0.39 is 10.0 Å². The van der Waals surface area contributed by atoms with Crippen LogP contribution in [0.25, 0.3) is 0 Å². The van der Waals surface area contributed by atoms with Crippen LogP contribution in [0.5, 0.6) is 0 Å². The van der Waals surface area contributed by atoms with Crippen LogP contribution in [0.1, 0.15) is 24.2 Å². The van der Waals surface area contributed by atoms with Gasteiger partial charge in [-0.2, -0.15) is 9.40 Å². The molecule has 1 amide bonds. The third-order valence-corrected chi connectivity index (χ3v) is 5.94. The predicted octanol–water partition coefficient (Wildman–Crippen LogP) is 1.47. The molecule has 9 heteroatoms. The SMILES string of the molecule is C[C@@H]1CN(S(=O)(=O)c2ccc(C(=O)Nc3ccn(C)n3)cc2)C[C@@H](C)O1. The van der Waals surface area contributed by atoms with E-state index in [9.17, 15) is 13.2 Å². The summed E-state index contributed by atoms with van der Waals surface area (Å²) in [6.45, 7) is 4.33. The molecule has 26 heavy (non-hydrogen) atoms. The number of carbonyl (C=O) groups is 1. The van der Waals surface area contributed by atoms with Crippen molar-refractivity contribution < 1.29 is 17.9 Å². The standard InChI is InChI=1S/C17H22N4O4S/c1-12-10-21(11-13(2)25-12)26(23,24)15-6-4-14(5-7-15)17(22)18-16-8-9-20(3)19-16/h4-9,12-13H,10-11H2,1-3H3,(H,18,19,22)/t12-,13-/m1/s1. The molecule has 1 aliphatic heterocycles. The van der Waals surface area contributed by atoms with E-state index in [0.29, 0.717) is 24.5 Å². The van der Waals surface area contributed by atoms with Gasteiger partial charge in [0.1, 0.15) is 0 Å². The summed E-state index contributed by atoms with van der Waals surface area (Å²) in [4.78, 5) is 12.4. The number of benzene rings is 1. The summed E-state index contributed by atoms with van der Waals surface area (Å²) in [6.07, 6.45) is 1.41. The molecule has 0 saturated carbocycles. The molecule has 2 heterocycles. The van der Waals surface area contributed by atoms with Crippen molar-refractivity contribution in [2.45, 2.75) is 31.0 Å². The third-order valence-electron chi connectivity index (χ3n) is 4.10. The highest BCUT2D eigenvalue weighted by molar-refractivity contribution is 7.89. The first kappa shape index (κ1) is 18.6. The molecule has 0 radical (unpaired) electrons. The predicted molar refractivity (Wildman–Crippen MR) is 96.4 cm³/mol. The zero-order chi connectivity index (χ0) is 18.9. The Balaban J connectivity index is 1.75. The van der Waals surface area contributed by atoms with Crippen molar-refractivity contribution in [3.8, 4) is 0 Å². The molecule has 1 N–H and O–H groups in total. The van der Waals surface area contributed by atoms with Gasteiger partial charge in [-0.05, 0) is 38.1 Å². The van der Waals surface area contributed by atoms with E-state index in [2.05, 4.69) is 10.4 Å². The number of hydrogen-bond acceptors (Lipinski definition) is 5. The lowest BCUT2D eigenvalue weighted by Crippen LogP contribution is -2.48. The normalized spacial score (nSPS) is 21.5. The van der Waals surface area contributed by atoms with Crippen LogP contribution in [0, 0.1) is 0 Å². The molecule has 0 bridgehead atoms. The Kier molecular flexibility index (Phi) is 5.12. The molecule has 2 aromatic rings. The van der Waals surface area contributed by atoms with Gasteiger partial charge in [0.2, 0.25) is 10.0 Å². The Morgan fingerprint density at radius 2 is 1.77 bits per heavy atom. The van der Waals surface area contributed by atoms with Crippen molar-refractivity contribution in [1.82, 2.24) is 14.1 Å². The largest absolute Gasteiger partial charge is 0.373 e. The van der Waals surface area contributed by atoms with Gasteiger partial charge >= 0.3 is 0 Å². The fourth-order valence-electron chi connectivity index (χ4n) is 2.92. The summed E-state index contributed by atoms with van der Waals surface area (Å²) >= 11 is 0. The molecule has 1 fully saturated rings. The average Bonchev–Trinajstić information content (AvgIpc) is 2.99. The summed E-state index contributed by atoms with van der Waals surface area (Å²) in [5.41, 5.74) is 0.360. The topological polar surface area (TPSA) is 93.5 Å². The fourth-order valence-corrected chi connectivity index (χ4v) is 4.52. The van der Waals surface area contributed by atoms with Gasteiger partial charge in [0, 0.05) is 38.0 Å². The Labute approximate surface area is 152 Å². The lowest BCUT2D eigenvalue weighted by molar-refractivity contribution is -0.0440. The van der Waals surface area contributed by atoms with Crippen molar-refractivity contribution in [2.24, 2.45) is 7.05 Å². The van der Waals surface area contributed by atoms with Crippen molar-refractivity contribution in [3.63, 3.8) is 0 Å². The molecule has 3 rings (SSSR count). The van der Waals surface area contributed by atoms with Crippen LogP contribution in [0.3, 0.4) is 0 Å². The van der Waals surface area contributed by atoms with Crippen LogP contribution >= 0.6 is 0 Å². The van der Waals surface area contributed by atoms with Crippen LogP contribution < -0.4 is 5.32 Å². The lowest BCUT2D eigenvalue weighted by Gasteiger charge is -2.34. The van der Waals surface area contributed by atoms with Crippen molar-refractivity contribution in [1.29, 1.82) is 0 Å². The van der Waals surface area contributed by atoms with Crippen molar-refractivity contribution in [3.05, 3.63) is 42.1 Å². The van der Waals surface area contributed by atoms with E-state index in [1.54, 1.807) is 24.0 Å². The van der Waals surface area contributed by atoms with Crippen LogP contribution in [-0.4, -0.2) is 53.7 Å². The molecule has 0 spiro atoms. The van der Waals surface area contributed by atoms with E-state index in [4.69, 9.17) is 4.74 Å². The number of amides is 1. The Hall–Kier alpha value is -2.23. The minimum absolute atomic E-state index is 0.156. The van der Waals surface area contributed by atoms with Crippen LogP contribution in [0.15, 0.2) is 41.4 Å². The number of anilines is 1. The minimum atomic E-state index is -3.62. The third kappa shape index (κ3) is 3.95. The number of ether oxygens (including phenoxy) is 1. The van der Waals surface area contributed by atoms with Gasteiger partial charge in [-0.3, -0.25) is 9.48 Å². The molecule has 1 aromatic carbocycles. The van der Waals surface area contributed by atoms with Gasteiger partial charge < -0.3 is 10.1 Å². The second kappa shape index (κ2) is 7.18. The van der Waals surface area contributed by atoms with Gasteiger partial charge in [0.15, 0.2) is 5.82 Å². The summed E-state index contributed by atoms with van der Waals surface area (Å²) in [6, 6.07) is 7.58. The molecule has 0 unspecified atom stereocenters. The van der Waals surface area contributed by atoms with E-state index in [0.717, 1.165) is 0 Å². The number of aromatic nitrogens is 2. The summed E-state index contributed by atoms with van der Waals surface area (Å²) < 4.78 is 34.2. The van der Waals surface area contributed by atoms with E-state index in [1.165, 1.54) is 28.6 Å². The molecule has 1 aromatic heterocycles. The Morgan fingerprint density at radius 1 is 1.15 bits per heavy atom. The number of rotatable bonds is 4. The molecular formula is C17H22N4O4S. The highest BCUT2D eigenvalue weighted by atomic mass is 32.2. The second-order valence-corrected chi connectivity index (χ2v) is 8.37. The fraction of sp³-hybridized carbons (Fsp3) is 0.412. The molecule has 1 saturated heterocycles. The zero-order valence-electron chi connectivity index (χ0n) is 14.9. The number of aryl methyl sites for hydroxylation is 1. The number of hydrogen-bond donors (Lipinski definition) is 1. The quantitative estimate of drug-likeness (QED) is 0.870. The molecule has 8 nitrogen and oxygen atoms in total. The highest BCUT2D eigenvalue weighted by Gasteiger charge is 2.32. The molecule has 140 valence electrons. The molecule has 1 aliphatic rings. The maximum absolute atomic E-state index is 12.8. The van der Waals surface area contributed by atoms with Crippen molar-refractivity contribution >= 4 is 21.7 Å². The summed E-state index contributed by atoms with van der Waals surface area (Å²) in [5, 5.41) is 6.74. The molecule has 2 atom stereocenters. The highest BCUT2D eigenvalue weighted by Crippen LogP contribution is 2.21. The van der Waals surface area contributed by atoms with E-state index in [-0.39, 0.29) is 23.0 Å². The van der Waals surface area contributed by atoms with Crippen LogP contribution in [0.4, 0.5) is 5.82 Å². The first-order chi connectivity index (χ1) is 12.3. The number of sulfonamides is 1. The number of nitrogens with zero attached hydrogens (tertiary/aromatic N) is 3. The first-order valence-electron chi connectivity index (χ1n) is 8.32. The van der Waals surface area contributed by atoms with E-state index in [1.807, 2.05) is 13.8 Å². The Morgan fingerprint density at radius 3 is 2.31 bits per heavy atom. The molecular weight excluding hydrogens is 356 g/mol. The van der Waals surface area contributed by atoms with Gasteiger partial charge in [0.05, 0.1) is 17.1 Å². The lowest BCUT2D eigenvalue weighted by atomic mass is 10.2. The summed E-state index contributed by atoms with van der Waals surface area (Å²) in [7, 11) is -1.87. The van der Waals surface area contributed by atoms with Gasteiger partial charge in [-0.1, -0.05) is 0 Å². The minimum Gasteiger partial charge on any atom is -0.373 e. The Bertz CT molecular complexity index is 882. The smallest absolute Gasteiger partial charge is 0.256 e. The van der Waals surface area contributed by atoms with Crippen molar-refractivity contribution in [2.75, 3.05) is 18.4 Å². The number of carbonyl (C=O) groups excluding carboxylic acids is 1.